The first-order valence-corrected chi connectivity index (χ1v) is 22.6. The van der Waals surface area contributed by atoms with Crippen LogP contribution in [0.1, 0.15) is 68.8 Å². The minimum Gasteiger partial charge on any atom is -0.480 e. The van der Waals surface area contributed by atoms with Crippen molar-refractivity contribution in [2.24, 2.45) is 0 Å². The standard InChI is InChI=1S/C25H33N4O7PS.C16H15N3O3S/c1-5-35-37(34,36-6-2)13-7-8-20(25(32)33)28-24(31)21-11-12-22(38-21)29(4)15-17-9-10-19-18(14-17)23(30)27-16(3)26-19;1-9-17-12-4-3-10(7-11(12)15(20)18-9)8-19(2)14-6-5-13(23-14)16(21)22/h9-12,14,20H,5-8,13,15H2,1-4H3,(H,28,31)(H,32,33)(H,26,27,30);3-7H,8H2,1-2H3,(H,21,22)(H,17,18,20)/t20-;/m0./s1. The molecule has 0 aliphatic carbocycles. The second-order valence-electron chi connectivity index (χ2n) is 14.0. The molecular formula is C41H48N7O10PS2. The van der Waals surface area contributed by atoms with Crippen molar-refractivity contribution in [2.75, 3.05) is 43.3 Å². The number of nitrogens with one attached hydrogen (secondary N) is 3. The van der Waals surface area contributed by atoms with Gasteiger partial charge in [-0.15, -0.1) is 22.7 Å². The van der Waals surface area contributed by atoms with E-state index in [2.05, 4.69) is 25.3 Å². The van der Waals surface area contributed by atoms with Gasteiger partial charge in [0.05, 0.1) is 56.1 Å². The van der Waals surface area contributed by atoms with E-state index in [0.717, 1.165) is 21.1 Å². The lowest BCUT2D eigenvalue weighted by atomic mass is 10.1. The summed E-state index contributed by atoms with van der Waals surface area (Å²) in [6.45, 7) is 8.40. The number of rotatable bonds is 18. The number of anilines is 2. The monoisotopic (exact) mass is 893 g/mol. The lowest BCUT2D eigenvalue weighted by Gasteiger charge is -2.19. The van der Waals surface area contributed by atoms with E-state index < -0.39 is 31.5 Å². The molecule has 0 aliphatic heterocycles. The number of aromatic nitrogens is 4. The molecule has 0 aliphatic rings. The minimum absolute atomic E-state index is 0.0680. The number of carbonyl (C=O) groups is 3. The van der Waals surface area contributed by atoms with Gasteiger partial charge in [0.25, 0.3) is 17.0 Å². The molecule has 4 aromatic heterocycles. The average Bonchev–Trinajstić information content (AvgIpc) is 3.91. The first-order chi connectivity index (χ1) is 29.0. The van der Waals surface area contributed by atoms with Crippen LogP contribution in [0.5, 0.6) is 0 Å². The number of hydrogen-bond donors (Lipinski definition) is 5. The van der Waals surface area contributed by atoms with Gasteiger partial charge < -0.3 is 44.3 Å². The summed E-state index contributed by atoms with van der Waals surface area (Å²) in [5.74, 6) is -1.46. The van der Waals surface area contributed by atoms with Crippen molar-refractivity contribution in [3.05, 3.63) is 114 Å². The molecule has 1 amide bonds. The minimum atomic E-state index is -3.29. The average molecular weight is 894 g/mol. The number of carboxylic acids is 2. The Bertz CT molecular complexity index is 2680. The number of aromatic carboxylic acids is 1. The lowest BCUT2D eigenvalue weighted by Crippen LogP contribution is -2.40. The van der Waals surface area contributed by atoms with Gasteiger partial charge in [-0.3, -0.25) is 18.9 Å². The first-order valence-electron chi connectivity index (χ1n) is 19.2. The maximum atomic E-state index is 12.8. The van der Waals surface area contributed by atoms with Crippen molar-refractivity contribution in [3.8, 4) is 0 Å². The summed E-state index contributed by atoms with van der Waals surface area (Å²) in [6.07, 6.45) is 0.397. The van der Waals surface area contributed by atoms with Crippen LogP contribution in [0.25, 0.3) is 21.8 Å². The van der Waals surface area contributed by atoms with Crippen molar-refractivity contribution in [3.63, 3.8) is 0 Å². The van der Waals surface area contributed by atoms with Crippen LogP contribution in [-0.4, -0.2) is 87.5 Å². The number of aryl methyl sites for hydroxylation is 2. The van der Waals surface area contributed by atoms with Crippen molar-refractivity contribution < 1.29 is 38.2 Å². The summed E-state index contributed by atoms with van der Waals surface area (Å²) in [6, 6.07) is 16.7. The highest BCUT2D eigenvalue weighted by Crippen LogP contribution is 2.48. The summed E-state index contributed by atoms with van der Waals surface area (Å²) in [5, 5.41) is 23.9. The van der Waals surface area contributed by atoms with Crippen LogP contribution in [0, 0.1) is 13.8 Å². The van der Waals surface area contributed by atoms with E-state index in [1.165, 1.54) is 22.7 Å². The summed E-state index contributed by atoms with van der Waals surface area (Å²) < 4.78 is 23.1. The van der Waals surface area contributed by atoms with Crippen molar-refractivity contribution >= 4 is 79.9 Å². The van der Waals surface area contributed by atoms with Crippen molar-refractivity contribution in [1.29, 1.82) is 0 Å². The highest BCUT2D eigenvalue weighted by atomic mass is 32.1. The number of benzene rings is 2. The first kappa shape index (κ1) is 46.3. The Hall–Kier alpha value is -5.72. The largest absolute Gasteiger partial charge is 0.480 e. The number of H-pyrrole nitrogens is 2. The van der Waals surface area contributed by atoms with Gasteiger partial charge in [0.1, 0.15) is 22.6 Å². The zero-order chi connectivity index (χ0) is 44.4. The van der Waals surface area contributed by atoms with Crippen LogP contribution >= 0.6 is 30.3 Å². The number of amides is 1. The van der Waals surface area contributed by atoms with Crippen LogP contribution in [0.4, 0.5) is 10.0 Å². The van der Waals surface area contributed by atoms with E-state index in [0.29, 0.717) is 56.3 Å². The van der Waals surface area contributed by atoms with E-state index in [1.54, 1.807) is 58.0 Å². The predicted molar refractivity (Wildman–Crippen MR) is 238 cm³/mol. The fourth-order valence-electron chi connectivity index (χ4n) is 6.34. The van der Waals surface area contributed by atoms with E-state index in [4.69, 9.17) is 14.2 Å². The fraction of sp³-hybridized carbons (Fsp3) is 0.341. The van der Waals surface area contributed by atoms with E-state index >= 15 is 0 Å². The predicted octanol–water partition coefficient (Wildman–Crippen LogP) is 6.79. The van der Waals surface area contributed by atoms with Crippen LogP contribution in [0.15, 0.2) is 70.3 Å². The molecule has 0 bridgehead atoms. The molecule has 61 heavy (non-hydrogen) atoms. The number of aliphatic carboxylic acids is 1. The maximum absolute atomic E-state index is 12.8. The van der Waals surface area contributed by atoms with Gasteiger partial charge in [-0.1, -0.05) is 12.1 Å². The third-order valence-corrected chi connectivity index (χ3v) is 13.7. The van der Waals surface area contributed by atoms with Gasteiger partial charge in [-0.2, -0.15) is 0 Å². The Morgan fingerprint density at radius 1 is 0.770 bits per heavy atom. The molecule has 324 valence electrons. The number of carboxylic acid groups (broad SMARTS) is 2. The van der Waals surface area contributed by atoms with E-state index in [1.807, 2.05) is 54.2 Å². The Kier molecular flexibility index (Phi) is 15.7. The molecule has 20 heteroatoms. The van der Waals surface area contributed by atoms with Gasteiger partial charge in [-0.05, 0) is 100 Å². The number of carbonyl (C=O) groups excluding carboxylic acids is 1. The Labute approximate surface area is 358 Å². The highest BCUT2D eigenvalue weighted by molar-refractivity contribution is 7.53. The topological polar surface area (TPSA) is 237 Å². The number of thiophene rings is 2. The number of hydrogen-bond acceptors (Lipinski definition) is 14. The Morgan fingerprint density at radius 3 is 1.69 bits per heavy atom. The zero-order valence-corrected chi connectivity index (χ0v) is 37.0. The normalized spacial score (nSPS) is 11.8. The zero-order valence-electron chi connectivity index (χ0n) is 34.5. The maximum Gasteiger partial charge on any atom is 0.345 e. The molecule has 1 atom stereocenters. The molecule has 0 saturated carbocycles. The van der Waals surface area contributed by atoms with E-state index in [-0.39, 0.29) is 43.3 Å². The summed E-state index contributed by atoms with van der Waals surface area (Å²) >= 11 is 2.45. The number of nitrogens with zero attached hydrogens (tertiary/aromatic N) is 4. The molecule has 0 saturated heterocycles. The van der Waals surface area contributed by atoms with Gasteiger partial charge in [0, 0.05) is 27.2 Å². The molecule has 5 N–H and O–H groups in total. The van der Waals surface area contributed by atoms with Crippen molar-refractivity contribution in [2.45, 2.75) is 59.7 Å². The smallest absolute Gasteiger partial charge is 0.345 e. The van der Waals surface area contributed by atoms with Crippen LogP contribution in [0.2, 0.25) is 0 Å². The SMILES string of the molecule is CCOP(=O)(CCC[C@H](NC(=O)c1ccc(N(C)Cc2ccc3nc(C)[nH]c(=O)c3c2)s1)C(=O)O)OCC.Cc1nc2ccc(CN(C)c3ccc(C(=O)O)s3)cc2c(=O)[nH]1. The van der Waals surface area contributed by atoms with Crippen LogP contribution in [0.3, 0.4) is 0 Å². The highest BCUT2D eigenvalue weighted by Gasteiger charge is 2.27. The molecule has 17 nitrogen and oxygen atoms in total. The second-order valence-corrected chi connectivity index (χ2v) is 18.3. The second kappa shape index (κ2) is 20.7. The molecule has 4 heterocycles. The summed E-state index contributed by atoms with van der Waals surface area (Å²) in [5.41, 5.74) is 2.81. The van der Waals surface area contributed by atoms with Gasteiger partial charge >= 0.3 is 19.5 Å². The van der Waals surface area contributed by atoms with Gasteiger partial charge in [0.2, 0.25) is 0 Å². The number of aromatic amines is 2. The van der Waals surface area contributed by atoms with Crippen LogP contribution < -0.4 is 26.2 Å². The third-order valence-electron chi connectivity index (χ3n) is 9.17. The molecule has 6 rings (SSSR count). The molecule has 0 spiro atoms. The molecule has 0 fully saturated rings. The molecule has 0 radical (unpaired) electrons. The fourth-order valence-corrected chi connectivity index (χ4v) is 9.71. The molecule has 2 aromatic carbocycles. The molecular weight excluding hydrogens is 846 g/mol. The third kappa shape index (κ3) is 12.4. The van der Waals surface area contributed by atoms with Crippen molar-refractivity contribution in [1.82, 2.24) is 25.3 Å². The quantitative estimate of drug-likeness (QED) is 0.0559. The lowest BCUT2D eigenvalue weighted by molar-refractivity contribution is -0.139. The number of fused-ring (bicyclic) bond motifs is 2. The van der Waals surface area contributed by atoms with E-state index in [9.17, 15) is 33.6 Å². The van der Waals surface area contributed by atoms with Gasteiger partial charge in [0.15, 0.2) is 0 Å². The van der Waals surface area contributed by atoms with Crippen LogP contribution in [-0.2, 0) is 31.5 Å². The Balaban J connectivity index is 0.000000260. The summed E-state index contributed by atoms with van der Waals surface area (Å²) in [7, 11) is 0.468. The molecule has 6 aromatic rings. The Morgan fingerprint density at radius 2 is 1.25 bits per heavy atom. The summed E-state index contributed by atoms with van der Waals surface area (Å²) in [4.78, 5) is 78.4. The molecule has 0 unspecified atom stereocenters. The van der Waals surface area contributed by atoms with Gasteiger partial charge in [-0.25, -0.2) is 19.6 Å².